The lowest BCUT2D eigenvalue weighted by Crippen LogP contribution is -2.12. The number of amidine groups is 2. The number of aliphatic imine (C=N–C) groups is 1. The largest absolute Gasteiger partial charge is 0.419 e. The van der Waals surface area contributed by atoms with Gasteiger partial charge in [-0.15, -0.1) is 11.3 Å². The summed E-state index contributed by atoms with van der Waals surface area (Å²) in [5, 5.41) is 5.17. The Morgan fingerprint density at radius 3 is 2.30 bits per heavy atom. The summed E-state index contributed by atoms with van der Waals surface area (Å²) in [4.78, 5) is 20.6. The van der Waals surface area contributed by atoms with Gasteiger partial charge in [0.2, 0.25) is 5.82 Å². The molecule has 0 radical (unpaired) electrons. The van der Waals surface area contributed by atoms with E-state index in [2.05, 4.69) is 15.1 Å². The predicted octanol–water partition coefficient (Wildman–Crippen LogP) is 4.91. The highest BCUT2D eigenvalue weighted by Crippen LogP contribution is 2.26. The number of pyridine rings is 1. The van der Waals surface area contributed by atoms with Crippen molar-refractivity contribution in [3.63, 3.8) is 0 Å². The fourth-order valence-electron chi connectivity index (χ4n) is 2.60. The van der Waals surface area contributed by atoms with E-state index in [1.807, 2.05) is 23.6 Å². The van der Waals surface area contributed by atoms with Crippen LogP contribution in [0.4, 0.5) is 22.0 Å². The maximum atomic E-state index is 14.0. The third-order valence-corrected chi connectivity index (χ3v) is 4.85. The van der Waals surface area contributed by atoms with Crippen LogP contribution < -0.4 is 0 Å². The van der Waals surface area contributed by atoms with Crippen molar-refractivity contribution in [3.05, 3.63) is 91.5 Å². The lowest BCUT2D eigenvalue weighted by molar-refractivity contribution is -0.430. The van der Waals surface area contributed by atoms with Gasteiger partial charge in [-0.3, -0.25) is 0 Å². The Labute approximate surface area is 169 Å². The number of benzene rings is 1. The first-order chi connectivity index (χ1) is 14.4. The highest BCUT2D eigenvalue weighted by molar-refractivity contribution is 7.10. The van der Waals surface area contributed by atoms with Crippen LogP contribution in [0.1, 0.15) is 21.7 Å². The molecule has 0 spiro atoms. The van der Waals surface area contributed by atoms with Gasteiger partial charge in [-0.2, -0.15) is 0 Å². The molecule has 11 heteroatoms. The van der Waals surface area contributed by atoms with Gasteiger partial charge in [0.15, 0.2) is 29.0 Å². The quantitative estimate of drug-likeness (QED) is 0.253. The van der Waals surface area contributed by atoms with Crippen molar-refractivity contribution in [3.8, 4) is 0 Å². The monoisotopic (exact) mass is 435 g/mol. The Morgan fingerprint density at radius 2 is 1.63 bits per heavy atom. The lowest BCUT2D eigenvalue weighted by Gasteiger charge is -2.02. The van der Waals surface area contributed by atoms with Crippen molar-refractivity contribution in [1.29, 1.82) is 0 Å². The molecule has 2 aromatic heterocycles. The summed E-state index contributed by atoms with van der Waals surface area (Å²) in [7, 11) is 0. The van der Waals surface area contributed by atoms with Crippen LogP contribution in [0.15, 0.2) is 45.9 Å². The summed E-state index contributed by atoms with van der Waals surface area (Å²) in [5.74, 6) is -12.3. The van der Waals surface area contributed by atoms with Crippen LogP contribution in [-0.4, -0.2) is 21.5 Å². The summed E-state index contributed by atoms with van der Waals surface area (Å²) in [5.41, 5.74) is -0.758. The molecule has 30 heavy (non-hydrogen) atoms. The summed E-state index contributed by atoms with van der Waals surface area (Å²) >= 11 is 1.51. The standard InChI is InChI=1S/C19H8F5N4OS/c20-13-12(14(21)16(23)17(24)15(13)22)18-26-19(28(29)27-18)11-8-9(5-6-25-11)3-4-10-2-1-7-30-10/h1-8H/q+1/b4-3+. The molecule has 1 aromatic carbocycles. The van der Waals surface area contributed by atoms with Gasteiger partial charge >= 0.3 is 11.7 Å². The first kappa shape index (κ1) is 19.7. The second-order valence-electron chi connectivity index (χ2n) is 5.90. The van der Waals surface area contributed by atoms with E-state index in [1.54, 1.807) is 12.1 Å². The zero-order valence-corrected chi connectivity index (χ0v) is 15.4. The van der Waals surface area contributed by atoms with Crippen LogP contribution in [-0.2, 0) is 0 Å². The first-order valence-corrected chi connectivity index (χ1v) is 9.09. The van der Waals surface area contributed by atoms with Crippen molar-refractivity contribution in [1.82, 2.24) is 4.98 Å². The number of halogens is 5. The Balaban J connectivity index is 1.71. The molecule has 0 saturated carbocycles. The van der Waals surface area contributed by atoms with Crippen LogP contribution >= 0.6 is 11.3 Å². The van der Waals surface area contributed by atoms with Gasteiger partial charge in [0.1, 0.15) is 10.4 Å². The fraction of sp³-hybridized carbons (Fsp3) is 0. The lowest BCUT2D eigenvalue weighted by atomic mass is 10.1. The molecule has 0 atom stereocenters. The Kier molecular flexibility index (Phi) is 5.04. The average Bonchev–Trinajstić information content (AvgIpc) is 3.39. The van der Waals surface area contributed by atoms with Gasteiger partial charge in [0.05, 0.1) is 0 Å². The summed E-state index contributed by atoms with van der Waals surface area (Å²) in [6.45, 7) is 0. The molecule has 0 amide bonds. The molecule has 1 aliphatic heterocycles. The number of nitrogens with zero attached hydrogens (tertiary/aromatic N) is 4. The van der Waals surface area contributed by atoms with Gasteiger partial charge in [-0.25, -0.2) is 26.9 Å². The molecule has 0 aliphatic carbocycles. The molecule has 3 heterocycles. The number of hydrogen-bond donors (Lipinski definition) is 0. The minimum atomic E-state index is -2.32. The number of hydrogen-bond acceptors (Lipinski definition) is 4. The number of aromatic nitrogens is 1. The molecule has 3 aromatic rings. The normalized spacial score (nSPS) is 13.8. The van der Waals surface area contributed by atoms with Gasteiger partial charge in [-0.1, -0.05) is 12.1 Å². The molecule has 4 rings (SSSR count). The van der Waals surface area contributed by atoms with Crippen LogP contribution in [0.25, 0.3) is 12.2 Å². The van der Waals surface area contributed by atoms with Crippen molar-refractivity contribution in [2.45, 2.75) is 0 Å². The van der Waals surface area contributed by atoms with Crippen molar-refractivity contribution >= 4 is 35.2 Å². The van der Waals surface area contributed by atoms with Crippen LogP contribution in [0.5, 0.6) is 0 Å². The molecular formula is C19H8F5N4OS+. The molecule has 0 unspecified atom stereocenters. The van der Waals surface area contributed by atoms with Crippen LogP contribution in [0.2, 0.25) is 0 Å². The topological polar surface area (TPSA) is 57.7 Å². The van der Waals surface area contributed by atoms with E-state index < -0.39 is 46.3 Å². The number of nitroso groups, excluding NO2 is 1. The first-order valence-electron chi connectivity index (χ1n) is 8.21. The molecule has 0 saturated heterocycles. The molecule has 0 N–H and O–H groups in total. The second-order valence-corrected chi connectivity index (χ2v) is 6.88. The molecule has 0 fully saturated rings. The van der Waals surface area contributed by atoms with E-state index >= 15 is 0 Å². The SMILES string of the molecule is O=[N+]1N=C(c2c(F)c(F)c(F)c(F)c2F)N=C1c1cc(/C=C/c2cccs2)ccn1. The van der Waals surface area contributed by atoms with E-state index in [1.165, 1.54) is 23.6 Å². The van der Waals surface area contributed by atoms with Gasteiger partial charge in [0.25, 0.3) is 0 Å². The highest BCUT2D eigenvalue weighted by atomic mass is 32.1. The van der Waals surface area contributed by atoms with Crippen molar-refractivity contribution < 1.29 is 26.8 Å². The van der Waals surface area contributed by atoms with E-state index in [4.69, 9.17) is 0 Å². The third-order valence-electron chi connectivity index (χ3n) is 4.01. The molecule has 5 nitrogen and oxygen atoms in total. The average molecular weight is 435 g/mol. The maximum Gasteiger partial charge on any atom is 0.419 e. The zero-order chi connectivity index (χ0) is 21.4. The number of hydrazone groups is 1. The van der Waals surface area contributed by atoms with E-state index in [0.717, 1.165) is 4.88 Å². The van der Waals surface area contributed by atoms with Gasteiger partial charge in [0, 0.05) is 16.2 Å². The van der Waals surface area contributed by atoms with Gasteiger partial charge < -0.3 is 0 Å². The van der Waals surface area contributed by atoms with Crippen molar-refractivity contribution in [2.75, 3.05) is 0 Å². The molecule has 1 aliphatic rings. The maximum absolute atomic E-state index is 14.0. The van der Waals surface area contributed by atoms with Crippen LogP contribution in [0.3, 0.4) is 0 Å². The third kappa shape index (κ3) is 3.43. The minimum absolute atomic E-state index is 0.000881. The highest BCUT2D eigenvalue weighted by Gasteiger charge is 2.39. The Bertz CT molecular complexity index is 1240. The fourth-order valence-corrected chi connectivity index (χ4v) is 3.22. The zero-order valence-electron chi connectivity index (χ0n) is 14.6. The minimum Gasteiger partial charge on any atom is -0.248 e. The van der Waals surface area contributed by atoms with Gasteiger partial charge in [-0.05, 0) is 45.1 Å². The summed E-state index contributed by atoms with van der Waals surface area (Å²) in [6, 6.07) is 6.88. The number of thiophene rings is 1. The van der Waals surface area contributed by atoms with E-state index in [9.17, 15) is 26.9 Å². The molecule has 0 bridgehead atoms. The second kappa shape index (κ2) is 7.67. The van der Waals surface area contributed by atoms with Crippen molar-refractivity contribution in [2.24, 2.45) is 10.1 Å². The molecule has 150 valence electrons. The smallest absolute Gasteiger partial charge is 0.248 e. The summed E-state index contributed by atoms with van der Waals surface area (Å²) < 4.78 is 68.1. The Morgan fingerprint density at radius 1 is 0.933 bits per heavy atom. The van der Waals surface area contributed by atoms with Crippen LogP contribution in [0, 0.1) is 34.0 Å². The Hall–Kier alpha value is -3.60. The molecular weight excluding hydrogens is 427 g/mol. The van der Waals surface area contributed by atoms with E-state index in [-0.39, 0.29) is 10.6 Å². The predicted molar refractivity (Wildman–Crippen MR) is 100 cm³/mol. The number of rotatable bonds is 4. The van der Waals surface area contributed by atoms with E-state index in [0.29, 0.717) is 5.56 Å². The summed E-state index contributed by atoms with van der Waals surface area (Å²) in [6.07, 6.45) is 4.94.